The van der Waals surface area contributed by atoms with Gasteiger partial charge in [-0.15, -0.1) is 0 Å². The maximum absolute atomic E-state index is 6.44. The molecule has 144 valence electrons. The van der Waals surface area contributed by atoms with Gasteiger partial charge in [0.25, 0.3) is 0 Å². The molecule has 3 heteroatoms. The predicted molar refractivity (Wildman–Crippen MR) is 121 cm³/mol. The lowest BCUT2D eigenvalue weighted by Crippen LogP contribution is -1.96. The third kappa shape index (κ3) is 3.99. The van der Waals surface area contributed by atoms with Crippen molar-refractivity contribution in [2.45, 2.75) is 13.8 Å². The first-order valence-electron chi connectivity index (χ1n) is 9.81. The number of para-hydroxylation sites is 1. The standard InChI is InChI=1S/C26H24N2O/c1-3-29-26-7-5-4-6-23(26)25-17-21(14-15-28-25)22-13-12-20(16-24(22)27)19-10-8-18(2)9-11-19/h4-17H,3,27H2,1-2H3. The van der Waals surface area contributed by atoms with E-state index in [-0.39, 0.29) is 0 Å². The van der Waals surface area contributed by atoms with Crippen LogP contribution in [0.3, 0.4) is 0 Å². The quantitative estimate of drug-likeness (QED) is 0.409. The largest absolute Gasteiger partial charge is 0.493 e. The van der Waals surface area contributed by atoms with Gasteiger partial charge in [0.1, 0.15) is 5.75 Å². The van der Waals surface area contributed by atoms with Crippen molar-refractivity contribution in [3.05, 3.63) is 90.6 Å². The molecule has 4 aromatic rings. The summed E-state index contributed by atoms with van der Waals surface area (Å²) in [7, 11) is 0. The van der Waals surface area contributed by atoms with Gasteiger partial charge in [0.15, 0.2) is 0 Å². The van der Waals surface area contributed by atoms with E-state index in [1.165, 1.54) is 5.56 Å². The van der Waals surface area contributed by atoms with E-state index < -0.39 is 0 Å². The summed E-state index contributed by atoms with van der Waals surface area (Å²) in [6.07, 6.45) is 1.82. The average Bonchev–Trinajstić information content (AvgIpc) is 2.75. The zero-order valence-corrected chi connectivity index (χ0v) is 16.7. The number of pyridine rings is 1. The van der Waals surface area contributed by atoms with Crippen molar-refractivity contribution >= 4 is 5.69 Å². The molecule has 0 radical (unpaired) electrons. The van der Waals surface area contributed by atoms with E-state index in [0.717, 1.165) is 44.9 Å². The van der Waals surface area contributed by atoms with Crippen LogP contribution in [0.15, 0.2) is 85.1 Å². The number of nitrogens with two attached hydrogens (primary N) is 1. The Bertz CT molecular complexity index is 1130. The van der Waals surface area contributed by atoms with Crippen LogP contribution in [-0.2, 0) is 0 Å². The van der Waals surface area contributed by atoms with Gasteiger partial charge < -0.3 is 10.5 Å². The fraction of sp³-hybridized carbons (Fsp3) is 0.115. The summed E-state index contributed by atoms with van der Waals surface area (Å²) in [5.41, 5.74) is 14.6. The van der Waals surface area contributed by atoms with Gasteiger partial charge in [-0.25, -0.2) is 0 Å². The van der Waals surface area contributed by atoms with E-state index in [1.54, 1.807) is 0 Å². The van der Waals surface area contributed by atoms with Crippen LogP contribution < -0.4 is 10.5 Å². The molecule has 0 amide bonds. The second kappa shape index (κ2) is 8.19. The number of benzene rings is 3. The van der Waals surface area contributed by atoms with Crippen molar-refractivity contribution in [2.75, 3.05) is 12.3 Å². The minimum Gasteiger partial charge on any atom is -0.493 e. The average molecular weight is 380 g/mol. The number of ether oxygens (including phenoxy) is 1. The fourth-order valence-electron chi connectivity index (χ4n) is 3.46. The third-order valence-corrected chi connectivity index (χ3v) is 4.97. The molecule has 3 nitrogen and oxygen atoms in total. The highest BCUT2D eigenvalue weighted by Gasteiger charge is 2.10. The maximum Gasteiger partial charge on any atom is 0.128 e. The molecule has 1 heterocycles. The SMILES string of the molecule is CCOc1ccccc1-c1cc(-c2ccc(-c3ccc(C)cc3)cc2N)ccn1. The van der Waals surface area contributed by atoms with Crippen molar-refractivity contribution in [1.82, 2.24) is 4.98 Å². The van der Waals surface area contributed by atoms with Crippen LogP contribution in [0.5, 0.6) is 5.75 Å². The lowest BCUT2D eigenvalue weighted by atomic mass is 9.97. The molecule has 3 aromatic carbocycles. The first-order chi connectivity index (χ1) is 14.2. The molecule has 0 aliphatic carbocycles. The molecule has 0 aliphatic rings. The first-order valence-corrected chi connectivity index (χ1v) is 9.81. The Balaban J connectivity index is 1.71. The van der Waals surface area contributed by atoms with Gasteiger partial charge >= 0.3 is 0 Å². The van der Waals surface area contributed by atoms with E-state index >= 15 is 0 Å². The number of hydrogen-bond donors (Lipinski definition) is 1. The summed E-state index contributed by atoms with van der Waals surface area (Å²) in [5, 5.41) is 0. The molecule has 0 saturated carbocycles. The van der Waals surface area contributed by atoms with Gasteiger partial charge in [-0.3, -0.25) is 4.98 Å². The number of hydrogen-bond acceptors (Lipinski definition) is 3. The second-order valence-electron chi connectivity index (χ2n) is 7.03. The Labute approximate surface area is 171 Å². The Hall–Kier alpha value is -3.59. The van der Waals surface area contributed by atoms with E-state index in [0.29, 0.717) is 6.61 Å². The Morgan fingerprint density at radius 3 is 2.31 bits per heavy atom. The van der Waals surface area contributed by atoms with Crippen LogP contribution in [0, 0.1) is 6.92 Å². The second-order valence-corrected chi connectivity index (χ2v) is 7.03. The molecule has 0 atom stereocenters. The Kier molecular flexibility index (Phi) is 5.30. The number of aromatic nitrogens is 1. The van der Waals surface area contributed by atoms with Crippen molar-refractivity contribution in [3.63, 3.8) is 0 Å². The highest BCUT2D eigenvalue weighted by atomic mass is 16.5. The van der Waals surface area contributed by atoms with Crippen LogP contribution in [0.1, 0.15) is 12.5 Å². The molecular formula is C26H24N2O. The molecule has 0 bridgehead atoms. The highest BCUT2D eigenvalue weighted by Crippen LogP contribution is 2.34. The number of nitrogens with zero attached hydrogens (tertiary/aromatic N) is 1. The van der Waals surface area contributed by atoms with Gasteiger partial charge in [-0.1, -0.05) is 54.1 Å². The molecule has 0 fully saturated rings. The Morgan fingerprint density at radius 1 is 0.793 bits per heavy atom. The van der Waals surface area contributed by atoms with Crippen molar-refractivity contribution in [3.8, 4) is 39.3 Å². The molecule has 4 rings (SSSR count). The summed E-state index contributed by atoms with van der Waals surface area (Å²) in [6.45, 7) is 4.69. The van der Waals surface area contributed by atoms with Crippen molar-refractivity contribution < 1.29 is 4.74 Å². The highest BCUT2D eigenvalue weighted by molar-refractivity contribution is 5.83. The topological polar surface area (TPSA) is 48.1 Å². The maximum atomic E-state index is 6.44. The van der Waals surface area contributed by atoms with Crippen molar-refractivity contribution in [2.24, 2.45) is 0 Å². The minimum absolute atomic E-state index is 0.615. The zero-order chi connectivity index (χ0) is 20.2. The molecular weight excluding hydrogens is 356 g/mol. The molecule has 0 saturated heterocycles. The van der Waals surface area contributed by atoms with Crippen LogP contribution in [0.4, 0.5) is 5.69 Å². The van der Waals surface area contributed by atoms with E-state index in [1.807, 2.05) is 49.5 Å². The lowest BCUT2D eigenvalue weighted by molar-refractivity contribution is 0.341. The Morgan fingerprint density at radius 2 is 1.55 bits per heavy atom. The van der Waals surface area contributed by atoms with E-state index in [4.69, 9.17) is 10.5 Å². The van der Waals surface area contributed by atoms with Crippen LogP contribution in [-0.4, -0.2) is 11.6 Å². The van der Waals surface area contributed by atoms with Gasteiger partial charge in [-0.2, -0.15) is 0 Å². The van der Waals surface area contributed by atoms with E-state index in [9.17, 15) is 0 Å². The number of anilines is 1. The van der Waals surface area contributed by atoms with Gasteiger partial charge in [0.2, 0.25) is 0 Å². The molecule has 0 unspecified atom stereocenters. The smallest absolute Gasteiger partial charge is 0.128 e. The van der Waals surface area contributed by atoms with Gasteiger partial charge in [0.05, 0.1) is 12.3 Å². The third-order valence-electron chi connectivity index (χ3n) is 4.97. The molecule has 29 heavy (non-hydrogen) atoms. The van der Waals surface area contributed by atoms with Crippen molar-refractivity contribution in [1.29, 1.82) is 0 Å². The minimum atomic E-state index is 0.615. The fourth-order valence-corrected chi connectivity index (χ4v) is 3.46. The summed E-state index contributed by atoms with van der Waals surface area (Å²) >= 11 is 0. The zero-order valence-electron chi connectivity index (χ0n) is 16.7. The van der Waals surface area contributed by atoms with Crippen LogP contribution in [0.2, 0.25) is 0 Å². The lowest BCUT2D eigenvalue weighted by Gasteiger charge is -2.12. The van der Waals surface area contributed by atoms with Gasteiger partial charge in [-0.05, 0) is 60.9 Å². The molecule has 0 spiro atoms. The van der Waals surface area contributed by atoms with E-state index in [2.05, 4.69) is 54.4 Å². The molecule has 0 aliphatic heterocycles. The normalized spacial score (nSPS) is 10.7. The molecule has 1 aromatic heterocycles. The van der Waals surface area contributed by atoms with Crippen LogP contribution in [0.25, 0.3) is 33.5 Å². The first kappa shape index (κ1) is 18.8. The number of nitrogen functional groups attached to an aromatic ring is 1. The summed E-state index contributed by atoms with van der Waals surface area (Å²) in [5.74, 6) is 0.836. The van der Waals surface area contributed by atoms with Gasteiger partial charge in [0, 0.05) is 23.0 Å². The summed E-state index contributed by atoms with van der Waals surface area (Å²) in [4.78, 5) is 4.56. The van der Waals surface area contributed by atoms with Crippen LogP contribution >= 0.6 is 0 Å². The monoisotopic (exact) mass is 380 g/mol. The number of aryl methyl sites for hydroxylation is 1. The molecule has 2 N–H and O–H groups in total. The summed E-state index contributed by atoms with van der Waals surface area (Å²) in [6, 6.07) is 26.7. The summed E-state index contributed by atoms with van der Waals surface area (Å²) < 4.78 is 5.77. The predicted octanol–water partition coefficient (Wildman–Crippen LogP) is 6.37. The number of rotatable bonds is 5.